The zero-order valence-electron chi connectivity index (χ0n) is 17.2. The lowest BCUT2D eigenvalue weighted by Gasteiger charge is -2.25. The molecule has 0 spiro atoms. The van der Waals surface area contributed by atoms with Crippen molar-refractivity contribution in [2.45, 2.75) is 40.2 Å². The fourth-order valence-electron chi connectivity index (χ4n) is 4.07. The van der Waals surface area contributed by atoms with E-state index in [1.165, 1.54) is 4.90 Å². The van der Waals surface area contributed by atoms with E-state index >= 15 is 0 Å². The summed E-state index contributed by atoms with van der Waals surface area (Å²) in [6.45, 7) is 7.92. The number of imide groups is 1. The Morgan fingerprint density at radius 3 is 2.37 bits per heavy atom. The monoisotopic (exact) mass is 403 g/mol. The minimum absolute atomic E-state index is 0.224. The Morgan fingerprint density at radius 1 is 1.07 bits per heavy atom. The number of aromatic nitrogens is 4. The summed E-state index contributed by atoms with van der Waals surface area (Å²) in [6, 6.07) is 6.33. The van der Waals surface area contributed by atoms with Crippen molar-refractivity contribution in [2.75, 3.05) is 0 Å². The van der Waals surface area contributed by atoms with Crippen LogP contribution in [-0.4, -0.2) is 36.3 Å². The highest BCUT2D eigenvalue weighted by Crippen LogP contribution is 2.35. The normalized spacial score (nSPS) is 15.0. The summed E-state index contributed by atoms with van der Waals surface area (Å²) in [7, 11) is 0. The molecule has 4 aromatic rings. The van der Waals surface area contributed by atoms with E-state index in [4.69, 9.17) is 9.40 Å². The molecular weight excluding hydrogens is 382 g/mol. The molecule has 30 heavy (non-hydrogen) atoms. The molecule has 0 saturated heterocycles. The van der Waals surface area contributed by atoms with Gasteiger partial charge in [-0.15, -0.1) is 5.10 Å². The molecule has 1 unspecified atom stereocenters. The van der Waals surface area contributed by atoms with Gasteiger partial charge in [0.15, 0.2) is 11.5 Å². The molecule has 0 saturated carbocycles. The number of hydrogen-bond acceptors (Lipinski definition) is 6. The molecule has 4 heterocycles. The van der Waals surface area contributed by atoms with Crippen LogP contribution in [0.15, 0.2) is 35.0 Å². The Bertz CT molecular complexity index is 1300. The summed E-state index contributed by atoms with van der Waals surface area (Å²) in [6.07, 6.45) is 2.10. The van der Waals surface area contributed by atoms with Gasteiger partial charge in [-0.25, -0.2) is 14.5 Å². The second-order valence-electron chi connectivity index (χ2n) is 8.12. The lowest BCUT2D eigenvalue weighted by molar-refractivity contribution is 0.0555. The maximum absolute atomic E-state index is 13.1. The number of nitrogens with zero attached hydrogens (tertiary/aromatic N) is 5. The minimum atomic E-state index is -0.569. The van der Waals surface area contributed by atoms with E-state index in [-0.39, 0.29) is 17.7 Å². The third kappa shape index (κ3) is 2.56. The Balaban J connectivity index is 1.67. The Labute approximate surface area is 172 Å². The second-order valence-corrected chi connectivity index (χ2v) is 8.12. The fraction of sp³-hybridized carbons (Fsp3) is 0.318. The van der Waals surface area contributed by atoms with Gasteiger partial charge < -0.3 is 4.42 Å². The average molecular weight is 403 g/mol. The zero-order valence-corrected chi connectivity index (χ0v) is 17.2. The van der Waals surface area contributed by atoms with Gasteiger partial charge in [-0.1, -0.05) is 26.0 Å². The molecule has 1 aliphatic rings. The smallest absolute Gasteiger partial charge is 0.262 e. The van der Waals surface area contributed by atoms with Crippen molar-refractivity contribution >= 4 is 28.6 Å². The average Bonchev–Trinajstić information content (AvgIpc) is 3.34. The second kappa shape index (κ2) is 6.48. The van der Waals surface area contributed by atoms with E-state index in [2.05, 4.69) is 10.1 Å². The van der Waals surface area contributed by atoms with Crippen LogP contribution in [-0.2, 0) is 0 Å². The summed E-state index contributed by atoms with van der Waals surface area (Å²) < 4.78 is 7.29. The summed E-state index contributed by atoms with van der Waals surface area (Å²) in [5.41, 5.74) is 2.89. The van der Waals surface area contributed by atoms with E-state index in [0.29, 0.717) is 34.7 Å². The van der Waals surface area contributed by atoms with Gasteiger partial charge in [-0.05, 0) is 38.3 Å². The first-order chi connectivity index (χ1) is 14.4. The molecule has 8 nitrogen and oxygen atoms in total. The Kier molecular flexibility index (Phi) is 3.99. The van der Waals surface area contributed by atoms with Crippen LogP contribution < -0.4 is 0 Å². The molecule has 1 aliphatic heterocycles. The number of carbonyl (C=O) groups excluding carboxylic acids is 2. The van der Waals surface area contributed by atoms with Crippen molar-refractivity contribution in [3.8, 4) is 0 Å². The molecule has 1 aromatic carbocycles. The third-order valence-corrected chi connectivity index (χ3v) is 5.65. The number of amides is 2. The van der Waals surface area contributed by atoms with Crippen LogP contribution in [0.3, 0.4) is 0 Å². The van der Waals surface area contributed by atoms with Gasteiger partial charge in [0, 0.05) is 5.56 Å². The third-order valence-electron chi connectivity index (χ3n) is 5.65. The highest BCUT2D eigenvalue weighted by Gasteiger charge is 2.42. The summed E-state index contributed by atoms with van der Waals surface area (Å²) in [4.78, 5) is 36.6. The van der Waals surface area contributed by atoms with Gasteiger partial charge in [0.25, 0.3) is 11.8 Å². The summed E-state index contributed by atoms with van der Waals surface area (Å²) >= 11 is 0. The number of aryl methyl sites for hydroxylation is 2. The van der Waals surface area contributed by atoms with E-state index in [9.17, 15) is 9.59 Å². The van der Waals surface area contributed by atoms with Crippen LogP contribution in [0.25, 0.3) is 16.7 Å². The molecule has 0 fully saturated rings. The van der Waals surface area contributed by atoms with Crippen LogP contribution in [0.1, 0.15) is 64.2 Å². The lowest BCUT2D eigenvalue weighted by atomic mass is 10.0. The molecular formula is C22H21N5O3. The molecule has 0 N–H and O–H groups in total. The molecule has 0 aliphatic carbocycles. The number of benzene rings is 1. The van der Waals surface area contributed by atoms with E-state index < -0.39 is 6.04 Å². The van der Waals surface area contributed by atoms with E-state index in [0.717, 1.165) is 16.7 Å². The minimum Gasteiger partial charge on any atom is -0.443 e. The van der Waals surface area contributed by atoms with Gasteiger partial charge in [-0.3, -0.25) is 14.5 Å². The topological polar surface area (TPSA) is 93.6 Å². The number of hydrogen-bond donors (Lipinski definition) is 0. The molecule has 8 heteroatoms. The van der Waals surface area contributed by atoms with Gasteiger partial charge in [0.2, 0.25) is 5.71 Å². The summed E-state index contributed by atoms with van der Waals surface area (Å²) in [5.74, 6) is 0.805. The van der Waals surface area contributed by atoms with Crippen molar-refractivity contribution in [2.24, 2.45) is 5.92 Å². The predicted octanol–water partition coefficient (Wildman–Crippen LogP) is 3.87. The quantitative estimate of drug-likeness (QED) is 0.480. The first kappa shape index (κ1) is 18.5. The van der Waals surface area contributed by atoms with Crippen LogP contribution in [0.5, 0.6) is 0 Å². The summed E-state index contributed by atoms with van der Waals surface area (Å²) in [5, 5.41) is 5.39. The van der Waals surface area contributed by atoms with Crippen LogP contribution in [0.2, 0.25) is 0 Å². The number of carbonyl (C=O) groups is 2. The highest BCUT2D eigenvalue weighted by atomic mass is 16.3. The van der Waals surface area contributed by atoms with Crippen molar-refractivity contribution < 1.29 is 14.0 Å². The van der Waals surface area contributed by atoms with Gasteiger partial charge in [0.1, 0.15) is 18.1 Å². The number of rotatable bonds is 4. The van der Waals surface area contributed by atoms with Crippen molar-refractivity contribution in [1.82, 2.24) is 24.5 Å². The van der Waals surface area contributed by atoms with Crippen molar-refractivity contribution in [3.63, 3.8) is 0 Å². The molecule has 5 rings (SSSR count). The molecule has 152 valence electrons. The highest BCUT2D eigenvalue weighted by molar-refractivity contribution is 6.21. The Hall–Kier alpha value is -3.55. The first-order valence-electron chi connectivity index (χ1n) is 9.94. The van der Waals surface area contributed by atoms with Gasteiger partial charge in [-0.2, -0.15) is 0 Å². The van der Waals surface area contributed by atoms with Crippen LogP contribution in [0, 0.1) is 19.8 Å². The molecule has 1 atom stereocenters. The first-order valence-corrected chi connectivity index (χ1v) is 9.94. The molecule has 0 radical (unpaired) electrons. The molecule has 0 bridgehead atoms. The Morgan fingerprint density at radius 2 is 1.73 bits per heavy atom. The predicted molar refractivity (Wildman–Crippen MR) is 109 cm³/mol. The van der Waals surface area contributed by atoms with Gasteiger partial charge >= 0.3 is 0 Å². The maximum Gasteiger partial charge on any atom is 0.262 e. The number of furan rings is 1. The van der Waals surface area contributed by atoms with Crippen molar-refractivity contribution in [3.05, 3.63) is 58.9 Å². The number of fused-ring (bicyclic) bond motifs is 4. The zero-order chi connectivity index (χ0) is 21.2. The van der Waals surface area contributed by atoms with Crippen LogP contribution in [0.4, 0.5) is 0 Å². The van der Waals surface area contributed by atoms with E-state index in [1.54, 1.807) is 35.1 Å². The fourth-order valence-corrected chi connectivity index (χ4v) is 4.07. The van der Waals surface area contributed by atoms with Crippen molar-refractivity contribution in [1.29, 1.82) is 0 Å². The molecule has 2 amide bonds. The largest absolute Gasteiger partial charge is 0.443 e. The van der Waals surface area contributed by atoms with Gasteiger partial charge in [0.05, 0.1) is 16.5 Å². The standard InChI is InChI=1S/C22H21N5O3/c1-11(2)9-16(27-21(28)14-7-5-6-8-15(14)22(27)29)18-24-19-17-12(3)13(4)30-20(17)23-10-26(19)25-18/h5-8,10-11,16H,9H2,1-4H3. The SMILES string of the molecule is Cc1oc2ncn3nc(C(CC(C)C)N4C(=O)c5ccccc5C4=O)nc3c2c1C. The molecule has 3 aromatic heterocycles. The van der Waals surface area contributed by atoms with E-state index in [1.807, 2.05) is 27.7 Å². The maximum atomic E-state index is 13.1. The lowest BCUT2D eigenvalue weighted by Crippen LogP contribution is -2.35. The van der Waals surface area contributed by atoms with Crippen LogP contribution >= 0.6 is 0 Å².